The molecule has 2 aromatic rings. The van der Waals surface area contributed by atoms with Gasteiger partial charge in [0.2, 0.25) is 11.8 Å². The maximum atomic E-state index is 12.5. The van der Waals surface area contributed by atoms with E-state index in [0.717, 1.165) is 11.1 Å². The van der Waals surface area contributed by atoms with Crippen molar-refractivity contribution in [3.05, 3.63) is 47.7 Å². The molecule has 0 atom stereocenters. The quantitative estimate of drug-likeness (QED) is 0.917. The molecule has 0 saturated heterocycles. The summed E-state index contributed by atoms with van der Waals surface area (Å²) in [5, 5.41) is 8.38. The number of aryl methyl sites for hydroxylation is 2. The highest BCUT2D eigenvalue weighted by Gasteiger charge is 2.26. The second kappa shape index (κ2) is 7.35. The van der Waals surface area contributed by atoms with Crippen LogP contribution in [0.4, 0.5) is 11.4 Å². The van der Waals surface area contributed by atoms with Crippen LogP contribution in [0.3, 0.4) is 0 Å². The van der Waals surface area contributed by atoms with Crippen LogP contribution in [0.1, 0.15) is 24.0 Å². The lowest BCUT2D eigenvalue weighted by Crippen LogP contribution is -2.36. The Bertz CT molecular complexity index is 875. The number of carbonyl (C=O) groups is 2. The van der Waals surface area contributed by atoms with E-state index in [2.05, 4.69) is 15.4 Å². The summed E-state index contributed by atoms with van der Waals surface area (Å²) in [5.41, 5.74) is 3.49. The third-order valence-corrected chi connectivity index (χ3v) is 4.09. The summed E-state index contributed by atoms with van der Waals surface area (Å²) in [6, 6.07) is 9.15. The van der Waals surface area contributed by atoms with Gasteiger partial charge >= 0.3 is 0 Å². The molecule has 1 aromatic heterocycles. The zero-order valence-corrected chi connectivity index (χ0v) is 14.9. The van der Waals surface area contributed by atoms with Crippen LogP contribution in [0.5, 0.6) is 5.88 Å². The second-order valence-corrected chi connectivity index (χ2v) is 6.09. The SMILES string of the molecule is COc1ccc(NC(=O)C2=NN(c3cc(C)ccc3C)C(=O)CC2)cn1. The standard InChI is InChI=1S/C19H20N4O3/c1-12-4-5-13(2)16(10-12)23-18(24)9-7-15(22-23)19(25)21-14-6-8-17(26-3)20-11-14/h4-6,8,10-11H,7,9H2,1-3H3,(H,21,25). The van der Waals surface area contributed by atoms with Crippen molar-refractivity contribution in [2.45, 2.75) is 26.7 Å². The van der Waals surface area contributed by atoms with Gasteiger partial charge in [-0.05, 0) is 37.1 Å². The molecule has 2 amide bonds. The molecule has 0 saturated carbocycles. The van der Waals surface area contributed by atoms with Crippen LogP contribution in [-0.4, -0.2) is 29.6 Å². The maximum Gasteiger partial charge on any atom is 0.271 e. The first-order chi connectivity index (χ1) is 12.5. The van der Waals surface area contributed by atoms with Gasteiger partial charge in [0.1, 0.15) is 5.71 Å². The monoisotopic (exact) mass is 352 g/mol. The van der Waals surface area contributed by atoms with Gasteiger partial charge in [-0.1, -0.05) is 12.1 Å². The second-order valence-electron chi connectivity index (χ2n) is 6.09. The van der Waals surface area contributed by atoms with Gasteiger partial charge in [-0.3, -0.25) is 9.59 Å². The predicted octanol–water partition coefficient (Wildman–Crippen LogP) is 2.83. The minimum atomic E-state index is -0.347. The summed E-state index contributed by atoms with van der Waals surface area (Å²) in [6.45, 7) is 3.86. The Balaban J connectivity index is 1.83. The molecule has 1 aromatic carbocycles. The topological polar surface area (TPSA) is 83.9 Å². The first-order valence-electron chi connectivity index (χ1n) is 8.27. The lowest BCUT2D eigenvalue weighted by molar-refractivity contribution is -0.118. The number of hydrogen-bond donors (Lipinski definition) is 1. The molecule has 0 unspecified atom stereocenters. The van der Waals surface area contributed by atoms with E-state index in [1.807, 2.05) is 32.0 Å². The molecular weight excluding hydrogens is 332 g/mol. The van der Waals surface area contributed by atoms with Crippen molar-refractivity contribution in [1.29, 1.82) is 0 Å². The van der Waals surface area contributed by atoms with Crippen molar-refractivity contribution in [2.24, 2.45) is 5.10 Å². The normalized spacial score (nSPS) is 14.0. The summed E-state index contributed by atoms with van der Waals surface area (Å²) in [4.78, 5) is 28.9. The van der Waals surface area contributed by atoms with Crippen LogP contribution < -0.4 is 15.1 Å². The number of amides is 2. The summed E-state index contributed by atoms with van der Waals surface area (Å²) < 4.78 is 4.99. The molecule has 1 aliphatic rings. The molecule has 3 rings (SSSR count). The molecule has 134 valence electrons. The number of methoxy groups -OCH3 is 1. The highest BCUT2D eigenvalue weighted by Crippen LogP contribution is 2.25. The van der Waals surface area contributed by atoms with Gasteiger partial charge in [-0.2, -0.15) is 5.10 Å². The van der Waals surface area contributed by atoms with Gasteiger partial charge in [0.15, 0.2) is 0 Å². The summed E-state index contributed by atoms with van der Waals surface area (Å²) in [6.07, 6.45) is 2.05. The van der Waals surface area contributed by atoms with Gasteiger partial charge < -0.3 is 10.1 Å². The van der Waals surface area contributed by atoms with Crippen LogP contribution in [0.2, 0.25) is 0 Å². The van der Waals surface area contributed by atoms with Gasteiger partial charge in [-0.25, -0.2) is 9.99 Å². The molecule has 7 heteroatoms. The fraction of sp³-hybridized carbons (Fsp3) is 0.263. The van der Waals surface area contributed by atoms with Crippen molar-refractivity contribution >= 4 is 28.9 Å². The van der Waals surface area contributed by atoms with Gasteiger partial charge in [0.05, 0.1) is 24.7 Å². The van der Waals surface area contributed by atoms with Crippen molar-refractivity contribution in [3.8, 4) is 5.88 Å². The third-order valence-electron chi connectivity index (χ3n) is 4.09. The number of pyridine rings is 1. The Kier molecular flexibility index (Phi) is 4.97. The smallest absolute Gasteiger partial charge is 0.271 e. The fourth-order valence-corrected chi connectivity index (χ4v) is 2.63. The van der Waals surface area contributed by atoms with Crippen LogP contribution in [-0.2, 0) is 9.59 Å². The lowest BCUT2D eigenvalue weighted by Gasteiger charge is -2.24. The number of nitrogens with one attached hydrogen (secondary N) is 1. The van der Waals surface area contributed by atoms with Crippen LogP contribution >= 0.6 is 0 Å². The van der Waals surface area contributed by atoms with E-state index >= 15 is 0 Å². The van der Waals surface area contributed by atoms with Crippen molar-refractivity contribution in [1.82, 2.24) is 4.98 Å². The van der Waals surface area contributed by atoms with Crippen LogP contribution in [0.25, 0.3) is 0 Å². The molecule has 1 N–H and O–H groups in total. The summed E-state index contributed by atoms with van der Waals surface area (Å²) >= 11 is 0. The number of aromatic nitrogens is 1. The minimum absolute atomic E-state index is 0.124. The molecule has 0 aliphatic carbocycles. The first-order valence-corrected chi connectivity index (χ1v) is 8.27. The zero-order chi connectivity index (χ0) is 18.7. The molecule has 26 heavy (non-hydrogen) atoms. The van der Waals surface area contributed by atoms with Crippen LogP contribution in [0, 0.1) is 13.8 Å². The Hall–Kier alpha value is -3.22. The number of ether oxygens (including phenoxy) is 1. The van der Waals surface area contributed by atoms with Crippen molar-refractivity contribution in [2.75, 3.05) is 17.4 Å². The van der Waals surface area contributed by atoms with E-state index in [4.69, 9.17) is 4.74 Å². The Labute approximate surface area is 151 Å². The predicted molar refractivity (Wildman–Crippen MR) is 99.5 cm³/mol. The highest BCUT2D eigenvalue weighted by molar-refractivity contribution is 6.44. The number of nitrogens with zero attached hydrogens (tertiary/aromatic N) is 3. The van der Waals surface area contributed by atoms with E-state index in [-0.39, 0.29) is 18.2 Å². The lowest BCUT2D eigenvalue weighted by atomic mass is 10.1. The fourth-order valence-electron chi connectivity index (χ4n) is 2.63. The minimum Gasteiger partial charge on any atom is -0.481 e. The molecule has 0 bridgehead atoms. The van der Waals surface area contributed by atoms with Gasteiger partial charge in [-0.15, -0.1) is 0 Å². The molecule has 0 spiro atoms. The van der Waals surface area contributed by atoms with Crippen molar-refractivity contribution < 1.29 is 14.3 Å². The Morgan fingerprint density at radius 1 is 1.19 bits per heavy atom. The van der Waals surface area contributed by atoms with Crippen molar-refractivity contribution in [3.63, 3.8) is 0 Å². The van der Waals surface area contributed by atoms with Gasteiger partial charge in [0.25, 0.3) is 5.91 Å². The molecule has 2 heterocycles. The Morgan fingerprint density at radius 3 is 2.69 bits per heavy atom. The number of anilines is 2. The Morgan fingerprint density at radius 2 is 2.00 bits per heavy atom. The average molecular weight is 352 g/mol. The van der Waals surface area contributed by atoms with E-state index in [1.54, 1.807) is 12.1 Å². The number of hydrazone groups is 1. The molecule has 0 radical (unpaired) electrons. The van der Waals surface area contributed by atoms with E-state index in [0.29, 0.717) is 29.4 Å². The van der Waals surface area contributed by atoms with E-state index < -0.39 is 0 Å². The molecule has 1 aliphatic heterocycles. The number of hydrogen-bond acceptors (Lipinski definition) is 5. The number of rotatable bonds is 4. The maximum absolute atomic E-state index is 12.5. The molecular formula is C19H20N4O3. The molecule has 7 nitrogen and oxygen atoms in total. The number of benzene rings is 1. The summed E-state index contributed by atoms with van der Waals surface area (Å²) in [7, 11) is 1.52. The largest absolute Gasteiger partial charge is 0.481 e. The molecule has 0 fully saturated rings. The van der Waals surface area contributed by atoms with Crippen LogP contribution in [0.15, 0.2) is 41.6 Å². The highest BCUT2D eigenvalue weighted by atomic mass is 16.5. The first kappa shape index (κ1) is 17.6. The van der Waals surface area contributed by atoms with Gasteiger partial charge in [0, 0.05) is 18.9 Å². The zero-order valence-electron chi connectivity index (χ0n) is 14.9. The average Bonchev–Trinajstić information content (AvgIpc) is 2.65. The van der Waals surface area contributed by atoms with E-state index in [1.165, 1.54) is 18.3 Å². The number of carbonyl (C=O) groups excluding carboxylic acids is 2. The summed E-state index contributed by atoms with van der Waals surface area (Å²) in [5.74, 6) is -0.00848. The third kappa shape index (κ3) is 3.72. The van der Waals surface area contributed by atoms with E-state index in [9.17, 15) is 9.59 Å².